The van der Waals surface area contributed by atoms with E-state index in [-0.39, 0.29) is 56.5 Å². The number of ether oxygens (including phenoxy) is 1. The van der Waals surface area contributed by atoms with Crippen molar-refractivity contribution < 1.29 is 27.6 Å². The lowest BCUT2D eigenvalue weighted by molar-refractivity contribution is 0.129. The number of amides is 3. The van der Waals surface area contributed by atoms with Crippen molar-refractivity contribution in [1.82, 2.24) is 30.6 Å². The molecule has 2 saturated heterocycles. The normalized spacial score (nSPS) is 18.4. The molecule has 13 nitrogen and oxygen atoms in total. The number of nitrogens with one attached hydrogen (secondary N) is 2. The summed E-state index contributed by atoms with van der Waals surface area (Å²) in [5.41, 5.74) is 2.75. The Hall–Kier alpha value is -4.27. The van der Waals surface area contributed by atoms with Crippen LogP contribution in [0.2, 0.25) is 0 Å². The van der Waals surface area contributed by atoms with Gasteiger partial charge in [-0.15, -0.1) is 5.10 Å². The molecule has 0 spiro atoms. The van der Waals surface area contributed by atoms with Gasteiger partial charge in [0.2, 0.25) is 0 Å². The number of nitrogens with zero attached hydrogens (tertiary/aromatic N) is 7. The number of hydrogen-bond donors (Lipinski definition) is 2. The lowest BCUT2D eigenvalue weighted by Gasteiger charge is -2.25. The number of hydrazine groups is 1. The van der Waals surface area contributed by atoms with Crippen LogP contribution in [0.4, 0.5) is 35.6 Å². The maximum Gasteiger partial charge on any atom is 0.414 e. The zero-order valence-electron chi connectivity index (χ0n) is 19.2. The molecule has 1 atom stereocenters. The average molecular weight is 503 g/mol. The minimum Gasteiger partial charge on any atom is -0.442 e. The second kappa shape index (κ2) is 9.77. The number of rotatable bonds is 5. The standard InChI is InChI=1S/C21H23F2N9O4/c1-13-8-18(27-36-13)26-20(33)32-7-6-29(4-3-25-32)19-16(22)9-14(10-17(19)23)31-12-15(35-21(31)34)11-30-5-2-24-28-30/h2,5,8-10,15,25H,3-4,6-7,11-12H2,1H3,(H,26,27,33)/t15-/m0/s1. The van der Waals surface area contributed by atoms with Crippen LogP contribution in [0, 0.1) is 18.6 Å². The fourth-order valence-electron chi connectivity index (χ4n) is 4.11. The summed E-state index contributed by atoms with van der Waals surface area (Å²) in [6, 6.07) is 3.30. The van der Waals surface area contributed by atoms with Crippen LogP contribution in [-0.4, -0.2) is 76.1 Å². The summed E-state index contributed by atoms with van der Waals surface area (Å²) in [6.45, 7) is 2.89. The molecule has 2 aromatic heterocycles. The molecule has 2 fully saturated rings. The third-order valence-electron chi connectivity index (χ3n) is 5.75. The highest BCUT2D eigenvalue weighted by Crippen LogP contribution is 2.31. The summed E-state index contributed by atoms with van der Waals surface area (Å²) in [5.74, 6) is -0.846. The molecule has 0 radical (unpaired) electrons. The molecular formula is C21H23F2N9O4. The third kappa shape index (κ3) is 4.91. The highest BCUT2D eigenvalue weighted by molar-refractivity contribution is 5.90. The van der Waals surface area contributed by atoms with Crippen LogP contribution >= 0.6 is 0 Å². The fourth-order valence-corrected chi connectivity index (χ4v) is 4.11. The van der Waals surface area contributed by atoms with E-state index in [1.807, 2.05) is 0 Å². The first-order valence-corrected chi connectivity index (χ1v) is 11.2. The molecule has 3 amide bonds. The Balaban J connectivity index is 1.25. The summed E-state index contributed by atoms with van der Waals surface area (Å²) in [5, 5.41) is 15.1. The second-order valence-electron chi connectivity index (χ2n) is 8.30. The molecule has 2 aliphatic rings. The van der Waals surface area contributed by atoms with E-state index in [0.717, 1.165) is 12.1 Å². The van der Waals surface area contributed by atoms with E-state index in [2.05, 4.69) is 26.2 Å². The number of hydrogen-bond acceptors (Lipinski definition) is 9. The summed E-state index contributed by atoms with van der Waals surface area (Å²) < 4.78 is 42.0. The van der Waals surface area contributed by atoms with E-state index in [0.29, 0.717) is 5.76 Å². The quantitative estimate of drug-likeness (QED) is 0.534. The number of urea groups is 1. The van der Waals surface area contributed by atoms with Crippen LogP contribution in [-0.2, 0) is 11.3 Å². The number of anilines is 3. The molecule has 5 rings (SSSR count). The highest BCUT2D eigenvalue weighted by Gasteiger charge is 2.34. The van der Waals surface area contributed by atoms with Crippen molar-refractivity contribution in [2.75, 3.05) is 47.8 Å². The van der Waals surface area contributed by atoms with Crippen LogP contribution in [0.5, 0.6) is 0 Å². The second-order valence-corrected chi connectivity index (χ2v) is 8.30. The molecule has 0 unspecified atom stereocenters. The van der Waals surface area contributed by atoms with Gasteiger partial charge in [-0.05, 0) is 6.92 Å². The van der Waals surface area contributed by atoms with Gasteiger partial charge in [-0.3, -0.25) is 15.2 Å². The van der Waals surface area contributed by atoms with E-state index in [9.17, 15) is 9.59 Å². The molecule has 15 heteroatoms. The largest absolute Gasteiger partial charge is 0.442 e. The van der Waals surface area contributed by atoms with Gasteiger partial charge in [-0.2, -0.15) is 0 Å². The first-order chi connectivity index (χ1) is 17.4. The van der Waals surface area contributed by atoms with Crippen molar-refractivity contribution in [3.05, 3.63) is 48.0 Å². The van der Waals surface area contributed by atoms with Crippen LogP contribution < -0.4 is 20.5 Å². The van der Waals surface area contributed by atoms with Gasteiger partial charge in [-0.25, -0.2) is 28.5 Å². The Bertz CT molecular complexity index is 1230. The van der Waals surface area contributed by atoms with Gasteiger partial charge < -0.3 is 14.2 Å². The van der Waals surface area contributed by atoms with Crippen LogP contribution in [0.3, 0.4) is 0 Å². The summed E-state index contributed by atoms with van der Waals surface area (Å²) in [4.78, 5) is 27.5. The zero-order valence-corrected chi connectivity index (χ0v) is 19.2. The predicted octanol–water partition coefficient (Wildman–Crippen LogP) is 1.74. The minimum absolute atomic E-state index is 0.0525. The number of benzene rings is 1. The molecule has 2 aliphatic heterocycles. The number of carbonyl (C=O) groups is 2. The summed E-state index contributed by atoms with van der Waals surface area (Å²) in [6.07, 6.45) is 1.88. The van der Waals surface area contributed by atoms with Crippen molar-refractivity contribution in [2.45, 2.75) is 19.6 Å². The maximum absolute atomic E-state index is 15.1. The number of halogens is 2. The fraction of sp³-hybridized carbons (Fsp3) is 0.381. The van der Waals surface area contributed by atoms with Gasteiger partial charge in [0.1, 0.15) is 17.6 Å². The maximum atomic E-state index is 15.1. The molecule has 0 bridgehead atoms. The Morgan fingerprint density at radius 3 is 2.72 bits per heavy atom. The molecule has 36 heavy (non-hydrogen) atoms. The monoisotopic (exact) mass is 503 g/mol. The number of aromatic nitrogens is 4. The summed E-state index contributed by atoms with van der Waals surface area (Å²) >= 11 is 0. The van der Waals surface area contributed by atoms with E-state index in [1.54, 1.807) is 19.2 Å². The van der Waals surface area contributed by atoms with Crippen LogP contribution in [0.1, 0.15) is 5.76 Å². The molecule has 4 heterocycles. The van der Waals surface area contributed by atoms with Gasteiger partial charge in [0.15, 0.2) is 17.5 Å². The molecule has 190 valence electrons. The predicted molar refractivity (Wildman–Crippen MR) is 121 cm³/mol. The number of aryl methyl sites for hydroxylation is 1. The smallest absolute Gasteiger partial charge is 0.414 e. The van der Waals surface area contributed by atoms with Gasteiger partial charge in [0, 0.05) is 44.0 Å². The molecule has 2 N–H and O–H groups in total. The summed E-state index contributed by atoms with van der Waals surface area (Å²) in [7, 11) is 0. The van der Waals surface area contributed by atoms with Crippen LogP contribution in [0.15, 0.2) is 35.1 Å². The SMILES string of the molecule is Cc1cc(NC(=O)N2CCN(c3c(F)cc(N4C[C@H](Cn5ccnn5)OC4=O)cc3F)CCN2)no1. The van der Waals surface area contributed by atoms with Crippen molar-refractivity contribution in [1.29, 1.82) is 0 Å². The lowest BCUT2D eigenvalue weighted by Crippen LogP contribution is -2.46. The van der Waals surface area contributed by atoms with Crippen LogP contribution in [0.25, 0.3) is 0 Å². The first kappa shape index (κ1) is 23.5. The molecule has 3 aromatic rings. The molecular weight excluding hydrogens is 480 g/mol. The molecule has 1 aromatic carbocycles. The minimum atomic E-state index is -0.825. The zero-order chi connectivity index (χ0) is 25.2. The van der Waals surface area contributed by atoms with E-state index < -0.39 is 29.9 Å². The third-order valence-corrected chi connectivity index (χ3v) is 5.75. The Labute approximate surface area is 203 Å². The van der Waals surface area contributed by atoms with E-state index >= 15 is 8.78 Å². The van der Waals surface area contributed by atoms with Gasteiger partial charge in [0.05, 0.1) is 31.5 Å². The Morgan fingerprint density at radius 2 is 2.03 bits per heavy atom. The molecule has 0 aliphatic carbocycles. The van der Waals surface area contributed by atoms with Gasteiger partial charge in [-0.1, -0.05) is 10.4 Å². The molecule has 0 saturated carbocycles. The highest BCUT2D eigenvalue weighted by atomic mass is 19.1. The Morgan fingerprint density at radius 1 is 1.22 bits per heavy atom. The number of cyclic esters (lactones) is 1. The van der Waals surface area contributed by atoms with Gasteiger partial charge in [0.25, 0.3) is 0 Å². The average Bonchev–Trinajstić information content (AvgIpc) is 3.53. The van der Waals surface area contributed by atoms with Crippen molar-refractivity contribution in [2.24, 2.45) is 0 Å². The first-order valence-electron chi connectivity index (χ1n) is 11.2. The van der Waals surface area contributed by atoms with E-state index in [4.69, 9.17) is 9.26 Å². The van der Waals surface area contributed by atoms with Gasteiger partial charge >= 0.3 is 12.1 Å². The number of carbonyl (C=O) groups excluding carboxylic acids is 2. The lowest BCUT2D eigenvalue weighted by atomic mass is 10.2. The topological polar surface area (TPSA) is 134 Å². The van der Waals surface area contributed by atoms with Crippen molar-refractivity contribution in [3.8, 4) is 0 Å². The van der Waals surface area contributed by atoms with Crippen molar-refractivity contribution in [3.63, 3.8) is 0 Å². The van der Waals surface area contributed by atoms with E-state index in [1.165, 1.54) is 25.7 Å². The van der Waals surface area contributed by atoms with Crippen molar-refractivity contribution >= 4 is 29.3 Å². The Kier molecular flexibility index (Phi) is 6.37.